The Bertz CT molecular complexity index is 893. The maximum absolute atomic E-state index is 12.6. The van der Waals surface area contributed by atoms with Crippen LogP contribution in [0.4, 0.5) is 10.5 Å². The molecule has 162 valence electrons. The Morgan fingerprint density at radius 2 is 2.03 bits per heavy atom. The number of benzene rings is 1. The van der Waals surface area contributed by atoms with Gasteiger partial charge in [-0.15, -0.1) is 0 Å². The monoisotopic (exact) mass is 430 g/mol. The molecular weight excluding hydrogens is 400 g/mol. The van der Waals surface area contributed by atoms with Crippen LogP contribution < -0.4 is 4.90 Å². The van der Waals surface area contributed by atoms with Crippen molar-refractivity contribution in [1.29, 1.82) is 0 Å². The van der Waals surface area contributed by atoms with Crippen molar-refractivity contribution < 1.29 is 19.1 Å². The molecule has 0 aromatic heterocycles. The number of imide groups is 1. The molecule has 1 atom stereocenters. The van der Waals surface area contributed by atoms with E-state index in [1.807, 2.05) is 6.07 Å². The Labute approximate surface area is 182 Å². The van der Waals surface area contributed by atoms with Crippen molar-refractivity contribution in [1.82, 2.24) is 4.90 Å². The number of carbonyl (C=O) groups excluding carboxylic acids is 3. The van der Waals surface area contributed by atoms with Crippen molar-refractivity contribution in [2.45, 2.75) is 58.9 Å². The molecule has 0 saturated carbocycles. The van der Waals surface area contributed by atoms with Gasteiger partial charge in [-0.05, 0) is 80.6 Å². The maximum atomic E-state index is 12.6. The van der Waals surface area contributed by atoms with Crippen molar-refractivity contribution >= 4 is 40.6 Å². The number of carbonyl (C=O) groups is 3. The fourth-order valence-electron chi connectivity index (χ4n) is 4.37. The topological polar surface area (TPSA) is 66.9 Å². The van der Waals surface area contributed by atoms with Gasteiger partial charge in [-0.1, -0.05) is 19.9 Å². The van der Waals surface area contributed by atoms with Crippen LogP contribution in [-0.2, 0) is 14.3 Å². The average molecular weight is 431 g/mol. The second-order valence-corrected chi connectivity index (χ2v) is 9.45. The van der Waals surface area contributed by atoms with Crippen LogP contribution in [0, 0.1) is 0 Å². The van der Waals surface area contributed by atoms with Crippen LogP contribution in [-0.4, -0.2) is 47.3 Å². The molecule has 0 radical (unpaired) electrons. The normalized spacial score (nSPS) is 21.9. The summed E-state index contributed by atoms with van der Waals surface area (Å²) in [6, 6.07) is 6.24. The van der Waals surface area contributed by atoms with Gasteiger partial charge in [0.25, 0.3) is 11.1 Å². The van der Waals surface area contributed by atoms with E-state index in [0.29, 0.717) is 10.8 Å². The SMILES string of the molecule is CCCN1c2ccc(/C=C3\SC(=O)N(CC(=O)OCC)C3=O)cc2C(C)CC1(C)C. The lowest BCUT2D eigenvalue weighted by Gasteiger charge is -2.47. The van der Waals surface area contributed by atoms with Gasteiger partial charge in [-0.3, -0.25) is 19.3 Å². The number of anilines is 1. The Hall–Kier alpha value is -2.28. The summed E-state index contributed by atoms with van der Waals surface area (Å²) >= 11 is 0.864. The number of thioether (sulfide) groups is 1. The zero-order chi connectivity index (χ0) is 22.1. The molecular formula is C23H30N2O4S. The first-order chi connectivity index (χ1) is 14.2. The van der Waals surface area contributed by atoms with Gasteiger partial charge in [-0.2, -0.15) is 0 Å². The van der Waals surface area contributed by atoms with Crippen LogP contribution in [0.2, 0.25) is 0 Å². The lowest BCUT2D eigenvalue weighted by molar-refractivity contribution is -0.145. The molecule has 1 saturated heterocycles. The molecule has 0 aliphatic carbocycles. The van der Waals surface area contributed by atoms with Crippen LogP contribution >= 0.6 is 11.8 Å². The summed E-state index contributed by atoms with van der Waals surface area (Å²) in [5.74, 6) is -0.629. The van der Waals surface area contributed by atoms with E-state index < -0.39 is 17.1 Å². The molecule has 3 rings (SSSR count). The molecule has 7 heteroatoms. The molecule has 1 aromatic carbocycles. The molecule has 30 heavy (non-hydrogen) atoms. The van der Waals surface area contributed by atoms with E-state index in [2.05, 4.69) is 44.7 Å². The third-order valence-corrected chi connectivity index (χ3v) is 6.53. The van der Waals surface area contributed by atoms with E-state index in [1.165, 1.54) is 11.3 Å². The Morgan fingerprint density at radius 3 is 2.70 bits per heavy atom. The van der Waals surface area contributed by atoms with E-state index in [9.17, 15) is 14.4 Å². The largest absolute Gasteiger partial charge is 0.465 e. The molecule has 2 aliphatic heterocycles. The number of fused-ring (bicyclic) bond motifs is 1. The van der Waals surface area contributed by atoms with Crippen molar-refractivity contribution in [2.24, 2.45) is 0 Å². The van der Waals surface area contributed by atoms with Crippen LogP contribution in [0.3, 0.4) is 0 Å². The summed E-state index contributed by atoms with van der Waals surface area (Å²) in [4.78, 5) is 40.3. The Kier molecular flexibility index (Phi) is 6.60. The van der Waals surface area contributed by atoms with Gasteiger partial charge in [0, 0.05) is 17.8 Å². The zero-order valence-corrected chi connectivity index (χ0v) is 19.2. The first kappa shape index (κ1) is 22.4. The number of hydrogen-bond acceptors (Lipinski definition) is 6. The van der Waals surface area contributed by atoms with Gasteiger partial charge in [0.2, 0.25) is 0 Å². The highest BCUT2D eigenvalue weighted by molar-refractivity contribution is 8.18. The van der Waals surface area contributed by atoms with Crippen molar-refractivity contribution in [3.63, 3.8) is 0 Å². The van der Waals surface area contributed by atoms with Crippen molar-refractivity contribution in [3.05, 3.63) is 34.2 Å². The number of nitrogens with zero attached hydrogens (tertiary/aromatic N) is 2. The predicted octanol–water partition coefficient (Wildman–Crippen LogP) is 4.79. The Morgan fingerprint density at radius 1 is 1.30 bits per heavy atom. The van der Waals surface area contributed by atoms with E-state index in [0.717, 1.165) is 41.6 Å². The van der Waals surface area contributed by atoms with Gasteiger partial charge < -0.3 is 9.64 Å². The van der Waals surface area contributed by atoms with Crippen LogP contribution in [0.1, 0.15) is 64.5 Å². The average Bonchev–Trinajstić information content (AvgIpc) is 2.92. The lowest BCUT2D eigenvalue weighted by Crippen LogP contribution is -2.48. The number of ether oxygens (including phenoxy) is 1. The summed E-state index contributed by atoms with van der Waals surface area (Å²) in [7, 11) is 0. The fourth-order valence-corrected chi connectivity index (χ4v) is 5.21. The molecule has 0 bridgehead atoms. The van der Waals surface area contributed by atoms with E-state index in [4.69, 9.17) is 4.74 Å². The van der Waals surface area contributed by atoms with E-state index in [-0.39, 0.29) is 18.7 Å². The molecule has 0 N–H and O–H groups in total. The summed E-state index contributed by atoms with van der Waals surface area (Å²) < 4.78 is 4.86. The van der Waals surface area contributed by atoms with Gasteiger partial charge in [0.1, 0.15) is 6.54 Å². The molecule has 2 aliphatic rings. The third-order valence-electron chi connectivity index (χ3n) is 5.62. The van der Waals surface area contributed by atoms with Crippen molar-refractivity contribution in [2.75, 3.05) is 24.6 Å². The summed E-state index contributed by atoms with van der Waals surface area (Å²) in [5.41, 5.74) is 3.49. The number of esters is 1. The fraction of sp³-hybridized carbons (Fsp3) is 0.522. The highest BCUT2D eigenvalue weighted by atomic mass is 32.2. The number of hydrogen-bond donors (Lipinski definition) is 0. The minimum absolute atomic E-state index is 0.0969. The molecule has 1 fully saturated rings. The molecule has 0 spiro atoms. The predicted molar refractivity (Wildman–Crippen MR) is 121 cm³/mol. The van der Waals surface area contributed by atoms with E-state index >= 15 is 0 Å². The standard InChI is InChI=1S/C23H30N2O4S/c1-6-10-25-18-9-8-16(11-17(18)15(3)13-23(25,4)5)12-19-21(27)24(22(28)30-19)14-20(26)29-7-2/h8-9,11-12,15H,6-7,10,13-14H2,1-5H3/b19-12-. The summed E-state index contributed by atoms with van der Waals surface area (Å²) in [5, 5.41) is -0.443. The lowest BCUT2D eigenvalue weighted by atomic mass is 9.79. The molecule has 2 amide bonds. The first-order valence-electron chi connectivity index (χ1n) is 10.5. The molecule has 1 aromatic rings. The second-order valence-electron chi connectivity index (χ2n) is 8.46. The van der Waals surface area contributed by atoms with Crippen LogP contribution in [0.25, 0.3) is 6.08 Å². The zero-order valence-electron chi connectivity index (χ0n) is 18.4. The smallest absolute Gasteiger partial charge is 0.326 e. The minimum Gasteiger partial charge on any atom is -0.465 e. The minimum atomic E-state index is -0.581. The Balaban J connectivity index is 1.87. The van der Waals surface area contributed by atoms with Crippen LogP contribution in [0.5, 0.6) is 0 Å². The maximum Gasteiger partial charge on any atom is 0.326 e. The quantitative estimate of drug-likeness (QED) is 0.478. The highest BCUT2D eigenvalue weighted by Crippen LogP contribution is 2.44. The van der Waals surface area contributed by atoms with Gasteiger partial charge >= 0.3 is 5.97 Å². The number of amides is 2. The van der Waals surface area contributed by atoms with Crippen molar-refractivity contribution in [3.8, 4) is 0 Å². The molecule has 6 nitrogen and oxygen atoms in total. The first-order valence-corrected chi connectivity index (χ1v) is 11.3. The van der Waals surface area contributed by atoms with Crippen LogP contribution in [0.15, 0.2) is 23.1 Å². The number of rotatable bonds is 6. The second kappa shape index (κ2) is 8.84. The highest BCUT2D eigenvalue weighted by Gasteiger charge is 2.38. The summed E-state index contributed by atoms with van der Waals surface area (Å²) in [6.45, 7) is 11.5. The van der Waals surface area contributed by atoms with Gasteiger partial charge in [0.05, 0.1) is 11.5 Å². The summed E-state index contributed by atoms with van der Waals surface area (Å²) in [6.07, 6.45) is 3.87. The van der Waals surface area contributed by atoms with Gasteiger partial charge in [-0.25, -0.2) is 0 Å². The molecule has 2 heterocycles. The van der Waals surface area contributed by atoms with E-state index in [1.54, 1.807) is 13.0 Å². The third kappa shape index (κ3) is 4.41. The molecule has 1 unspecified atom stereocenters. The van der Waals surface area contributed by atoms with Gasteiger partial charge in [0.15, 0.2) is 0 Å².